The molecule has 0 bridgehead atoms. The van der Waals surface area contributed by atoms with Crippen molar-refractivity contribution in [1.29, 1.82) is 0 Å². The minimum Gasteiger partial charge on any atom is -0.486 e. The SMILES string of the molecule is O=S(=O)(c1ccc2c(c1)OCCO2)N1CC2CN(c3ccc(Cl)cn3)CC2C1. The van der Waals surface area contributed by atoms with Gasteiger partial charge in [-0.05, 0) is 36.1 Å². The Morgan fingerprint density at radius 1 is 0.964 bits per heavy atom. The predicted octanol–water partition coefficient (Wildman–Crippen LogP) is 2.26. The number of nitrogens with zero attached hydrogens (tertiary/aromatic N) is 3. The van der Waals surface area contributed by atoms with Gasteiger partial charge in [0, 0.05) is 38.4 Å². The van der Waals surface area contributed by atoms with E-state index in [1.54, 1.807) is 28.7 Å². The van der Waals surface area contributed by atoms with E-state index in [4.69, 9.17) is 21.1 Å². The van der Waals surface area contributed by atoms with Crippen LogP contribution in [0.2, 0.25) is 5.02 Å². The van der Waals surface area contributed by atoms with Crippen molar-refractivity contribution in [2.75, 3.05) is 44.3 Å². The molecule has 2 unspecified atom stereocenters. The van der Waals surface area contributed by atoms with Crippen molar-refractivity contribution in [2.24, 2.45) is 11.8 Å². The van der Waals surface area contributed by atoms with E-state index in [-0.39, 0.29) is 4.90 Å². The lowest BCUT2D eigenvalue weighted by molar-refractivity contribution is 0.171. The third-order valence-electron chi connectivity index (χ3n) is 5.64. The van der Waals surface area contributed by atoms with E-state index in [1.807, 2.05) is 12.1 Å². The molecule has 148 valence electrons. The van der Waals surface area contributed by atoms with Crippen LogP contribution in [-0.2, 0) is 10.0 Å². The minimum absolute atomic E-state index is 0.257. The van der Waals surface area contributed by atoms with E-state index < -0.39 is 10.0 Å². The Balaban J connectivity index is 1.31. The molecule has 2 aromatic rings. The molecule has 0 spiro atoms. The molecule has 1 aromatic heterocycles. The number of anilines is 1. The van der Waals surface area contributed by atoms with Crippen molar-refractivity contribution in [3.05, 3.63) is 41.6 Å². The zero-order valence-corrected chi connectivity index (χ0v) is 16.7. The molecule has 28 heavy (non-hydrogen) atoms. The summed E-state index contributed by atoms with van der Waals surface area (Å²) in [6, 6.07) is 8.58. The molecule has 4 heterocycles. The van der Waals surface area contributed by atoms with Crippen molar-refractivity contribution < 1.29 is 17.9 Å². The normalized spacial score (nSPS) is 24.4. The highest BCUT2D eigenvalue weighted by Crippen LogP contribution is 2.38. The van der Waals surface area contributed by atoms with Crippen molar-refractivity contribution in [2.45, 2.75) is 4.90 Å². The van der Waals surface area contributed by atoms with Gasteiger partial charge in [-0.2, -0.15) is 4.31 Å². The predicted molar refractivity (Wildman–Crippen MR) is 105 cm³/mol. The number of hydrogen-bond donors (Lipinski definition) is 0. The molecule has 2 saturated heterocycles. The number of fused-ring (bicyclic) bond motifs is 2. The van der Waals surface area contributed by atoms with E-state index in [1.165, 1.54) is 0 Å². The fraction of sp³-hybridized carbons (Fsp3) is 0.421. The minimum atomic E-state index is -3.56. The summed E-state index contributed by atoms with van der Waals surface area (Å²) in [4.78, 5) is 6.85. The van der Waals surface area contributed by atoms with Crippen LogP contribution in [0.1, 0.15) is 0 Å². The molecule has 0 radical (unpaired) electrons. The van der Waals surface area contributed by atoms with Crippen molar-refractivity contribution in [1.82, 2.24) is 9.29 Å². The Labute approximate surface area is 168 Å². The molecule has 1 aromatic carbocycles. The van der Waals surface area contributed by atoms with E-state index in [9.17, 15) is 8.42 Å². The van der Waals surface area contributed by atoms with Gasteiger partial charge in [0.1, 0.15) is 19.0 Å². The highest BCUT2D eigenvalue weighted by atomic mass is 35.5. The number of pyridine rings is 1. The first-order chi connectivity index (χ1) is 13.5. The molecular formula is C19H20ClN3O4S. The number of hydrogen-bond acceptors (Lipinski definition) is 6. The average Bonchev–Trinajstić information content (AvgIpc) is 3.28. The first-order valence-corrected chi connectivity index (χ1v) is 11.1. The third-order valence-corrected chi connectivity index (χ3v) is 7.69. The van der Waals surface area contributed by atoms with Crippen LogP contribution in [0.15, 0.2) is 41.4 Å². The number of sulfonamides is 1. The van der Waals surface area contributed by atoms with Crippen LogP contribution in [-0.4, -0.2) is 57.1 Å². The lowest BCUT2D eigenvalue weighted by Gasteiger charge is -2.23. The summed E-state index contributed by atoms with van der Waals surface area (Å²) in [6.07, 6.45) is 1.64. The van der Waals surface area contributed by atoms with Gasteiger partial charge < -0.3 is 14.4 Å². The topological polar surface area (TPSA) is 72.0 Å². The van der Waals surface area contributed by atoms with Crippen LogP contribution in [0.25, 0.3) is 0 Å². The molecule has 2 fully saturated rings. The Morgan fingerprint density at radius 2 is 1.68 bits per heavy atom. The van der Waals surface area contributed by atoms with Gasteiger partial charge in [-0.3, -0.25) is 0 Å². The third kappa shape index (κ3) is 3.09. The van der Waals surface area contributed by atoms with E-state index in [0.29, 0.717) is 54.7 Å². The fourth-order valence-corrected chi connectivity index (χ4v) is 5.90. The number of halogens is 1. The van der Waals surface area contributed by atoms with Gasteiger partial charge in [-0.25, -0.2) is 13.4 Å². The Bertz CT molecular complexity index is 985. The zero-order valence-electron chi connectivity index (χ0n) is 15.1. The van der Waals surface area contributed by atoms with Crippen LogP contribution in [0.5, 0.6) is 11.5 Å². The summed E-state index contributed by atoms with van der Waals surface area (Å²) in [6.45, 7) is 3.54. The standard InChI is InChI=1S/C19H20ClN3O4S/c20-15-1-4-19(21-8-15)22-9-13-11-23(12-14(13)10-22)28(24,25)16-2-3-17-18(7-16)27-6-5-26-17/h1-4,7-8,13-14H,5-6,9-12H2. The second-order valence-electron chi connectivity index (χ2n) is 7.39. The molecule has 7 nitrogen and oxygen atoms in total. The molecule has 9 heteroatoms. The van der Waals surface area contributed by atoms with E-state index in [2.05, 4.69) is 9.88 Å². The molecule has 0 N–H and O–H groups in total. The lowest BCUT2D eigenvalue weighted by atomic mass is 10.0. The molecule has 0 amide bonds. The Hall–Kier alpha value is -2.03. The maximum Gasteiger partial charge on any atom is 0.243 e. The fourth-order valence-electron chi connectivity index (χ4n) is 4.22. The first kappa shape index (κ1) is 18.0. The summed E-state index contributed by atoms with van der Waals surface area (Å²) in [5.41, 5.74) is 0. The summed E-state index contributed by atoms with van der Waals surface area (Å²) >= 11 is 5.91. The highest BCUT2D eigenvalue weighted by molar-refractivity contribution is 7.89. The zero-order chi connectivity index (χ0) is 19.3. The van der Waals surface area contributed by atoms with Gasteiger partial charge in [0.05, 0.1) is 9.92 Å². The van der Waals surface area contributed by atoms with Crippen LogP contribution in [0.4, 0.5) is 5.82 Å². The molecule has 0 saturated carbocycles. The molecule has 3 aliphatic rings. The van der Waals surface area contributed by atoms with Crippen LogP contribution in [0.3, 0.4) is 0 Å². The monoisotopic (exact) mass is 421 g/mol. The summed E-state index contributed by atoms with van der Waals surface area (Å²) in [5, 5.41) is 0.611. The molecule has 2 atom stereocenters. The van der Waals surface area contributed by atoms with Gasteiger partial charge in [-0.1, -0.05) is 11.6 Å². The van der Waals surface area contributed by atoms with Crippen molar-refractivity contribution >= 4 is 27.4 Å². The summed E-state index contributed by atoms with van der Waals surface area (Å²) in [7, 11) is -3.56. The lowest BCUT2D eigenvalue weighted by Crippen LogP contribution is -2.33. The van der Waals surface area contributed by atoms with Gasteiger partial charge in [0.15, 0.2) is 11.5 Å². The van der Waals surface area contributed by atoms with Crippen LogP contribution in [0, 0.1) is 11.8 Å². The van der Waals surface area contributed by atoms with Gasteiger partial charge in [0.2, 0.25) is 10.0 Å². The van der Waals surface area contributed by atoms with Crippen molar-refractivity contribution in [3.63, 3.8) is 0 Å². The van der Waals surface area contributed by atoms with Gasteiger partial charge in [-0.15, -0.1) is 0 Å². The summed E-state index contributed by atoms with van der Waals surface area (Å²) in [5.74, 6) is 2.57. The molecular weight excluding hydrogens is 402 g/mol. The first-order valence-electron chi connectivity index (χ1n) is 9.27. The van der Waals surface area contributed by atoms with Crippen LogP contribution < -0.4 is 14.4 Å². The van der Waals surface area contributed by atoms with E-state index >= 15 is 0 Å². The van der Waals surface area contributed by atoms with Gasteiger partial charge in [0.25, 0.3) is 0 Å². The van der Waals surface area contributed by atoms with E-state index in [0.717, 1.165) is 18.9 Å². The second-order valence-corrected chi connectivity index (χ2v) is 9.76. The Kier molecular flexibility index (Phi) is 4.37. The number of benzene rings is 1. The Morgan fingerprint density at radius 3 is 2.36 bits per heavy atom. The van der Waals surface area contributed by atoms with Gasteiger partial charge >= 0.3 is 0 Å². The number of aromatic nitrogens is 1. The summed E-state index contributed by atoms with van der Waals surface area (Å²) < 4.78 is 38.9. The second kappa shape index (κ2) is 6.79. The number of rotatable bonds is 3. The maximum atomic E-state index is 13.1. The molecule has 3 aliphatic heterocycles. The van der Waals surface area contributed by atoms with Crippen LogP contribution >= 0.6 is 11.6 Å². The quantitative estimate of drug-likeness (QED) is 0.757. The molecule has 0 aliphatic carbocycles. The average molecular weight is 422 g/mol. The highest BCUT2D eigenvalue weighted by Gasteiger charge is 2.44. The maximum absolute atomic E-state index is 13.1. The smallest absolute Gasteiger partial charge is 0.243 e. The van der Waals surface area contributed by atoms with Crippen molar-refractivity contribution in [3.8, 4) is 11.5 Å². The largest absolute Gasteiger partial charge is 0.486 e. The number of ether oxygens (including phenoxy) is 2. The molecule has 5 rings (SSSR count).